The van der Waals surface area contributed by atoms with E-state index in [2.05, 4.69) is 15.6 Å². The lowest BCUT2D eigenvalue weighted by Gasteiger charge is -2.29. The third-order valence-corrected chi connectivity index (χ3v) is 6.96. The molecular formula is C22H22N4O. The van der Waals surface area contributed by atoms with E-state index in [1.165, 1.54) is 25.7 Å². The summed E-state index contributed by atoms with van der Waals surface area (Å²) in [6, 6.07) is 10.4. The number of aromatic nitrogens is 1. The number of nitrogens with one attached hydrogen (secondary N) is 2. The first kappa shape index (κ1) is 15.4. The van der Waals surface area contributed by atoms with Crippen molar-refractivity contribution in [2.75, 3.05) is 0 Å². The molecule has 7 rings (SSSR count). The molecule has 2 N–H and O–H groups in total. The number of fused-ring (bicyclic) bond motifs is 1. The van der Waals surface area contributed by atoms with Gasteiger partial charge in [0.1, 0.15) is 5.70 Å². The first-order valence-corrected chi connectivity index (χ1v) is 9.95. The van der Waals surface area contributed by atoms with Gasteiger partial charge in [0.25, 0.3) is 5.91 Å². The van der Waals surface area contributed by atoms with Crippen molar-refractivity contribution in [3.05, 3.63) is 47.8 Å². The van der Waals surface area contributed by atoms with Crippen LogP contribution >= 0.6 is 0 Å². The molecule has 5 heteroatoms. The third kappa shape index (κ3) is 2.48. The predicted octanol–water partition coefficient (Wildman–Crippen LogP) is 3.09. The van der Waals surface area contributed by atoms with Crippen LogP contribution in [0.4, 0.5) is 0 Å². The highest BCUT2D eigenvalue weighted by atomic mass is 16.2. The molecule has 5 atom stereocenters. The van der Waals surface area contributed by atoms with Crippen LogP contribution in [0.15, 0.2) is 47.2 Å². The first-order chi connectivity index (χ1) is 13.2. The molecule has 5 unspecified atom stereocenters. The molecule has 2 heterocycles. The van der Waals surface area contributed by atoms with E-state index in [1.807, 2.05) is 36.4 Å². The third-order valence-electron chi connectivity index (χ3n) is 6.96. The molecule has 5 fully saturated rings. The standard InChI is InChI=1S/C22H22N4O/c27-21-19(10-12-3-4-18-14(6-12)2-1-5-23-18)24-22(26-21)25-20-16-8-13-7-15(11-16)17(20)9-13/h1-6,10,13,15-17,20H,7-9,11H2,(H2,24,25,26,27)/b19-10-. The zero-order valence-electron chi connectivity index (χ0n) is 15.1. The summed E-state index contributed by atoms with van der Waals surface area (Å²) in [4.78, 5) is 21.7. The molecule has 0 spiro atoms. The molecule has 1 saturated heterocycles. The Morgan fingerprint density at radius 1 is 1.07 bits per heavy atom. The van der Waals surface area contributed by atoms with Crippen molar-refractivity contribution in [1.82, 2.24) is 15.6 Å². The van der Waals surface area contributed by atoms with Crippen LogP contribution < -0.4 is 10.6 Å². The molecular weight excluding hydrogens is 336 g/mol. The fourth-order valence-corrected chi connectivity index (χ4v) is 5.96. The summed E-state index contributed by atoms with van der Waals surface area (Å²) in [5.41, 5.74) is 2.49. The fraction of sp³-hybridized carbons (Fsp3) is 0.409. The maximum atomic E-state index is 12.4. The van der Waals surface area contributed by atoms with Crippen molar-refractivity contribution in [3.63, 3.8) is 0 Å². The van der Waals surface area contributed by atoms with E-state index in [-0.39, 0.29) is 5.91 Å². The molecule has 1 aliphatic heterocycles. The van der Waals surface area contributed by atoms with Gasteiger partial charge in [0, 0.05) is 11.6 Å². The molecule has 1 aromatic carbocycles. The number of nitrogens with zero attached hydrogens (tertiary/aromatic N) is 2. The number of carbonyl (C=O) groups excluding carboxylic acids is 1. The second-order valence-electron chi connectivity index (χ2n) is 8.55. The SMILES string of the molecule is O=C1NC(=NC2C3CC4CC(C3)C2C4)N/C1=C\c1ccc2ncccc2c1. The topological polar surface area (TPSA) is 66.4 Å². The highest BCUT2D eigenvalue weighted by Crippen LogP contribution is 2.59. The molecule has 4 aliphatic carbocycles. The highest BCUT2D eigenvalue weighted by Gasteiger charge is 2.54. The molecule has 1 aromatic heterocycles. The van der Waals surface area contributed by atoms with Gasteiger partial charge >= 0.3 is 0 Å². The Morgan fingerprint density at radius 3 is 2.93 bits per heavy atom. The lowest BCUT2D eigenvalue weighted by molar-refractivity contribution is -0.115. The first-order valence-electron chi connectivity index (χ1n) is 9.95. The number of amides is 1. The Kier molecular flexibility index (Phi) is 3.22. The van der Waals surface area contributed by atoms with Gasteiger partial charge in [0.05, 0.1) is 11.6 Å². The Bertz CT molecular complexity index is 1010. The van der Waals surface area contributed by atoms with E-state index in [9.17, 15) is 4.79 Å². The van der Waals surface area contributed by atoms with Crippen LogP contribution in [0.5, 0.6) is 0 Å². The average Bonchev–Trinajstić information content (AvgIpc) is 3.24. The quantitative estimate of drug-likeness (QED) is 0.811. The van der Waals surface area contributed by atoms with Crippen LogP contribution in [0.1, 0.15) is 31.2 Å². The van der Waals surface area contributed by atoms with Crippen LogP contribution in [-0.4, -0.2) is 22.9 Å². The van der Waals surface area contributed by atoms with Crippen LogP contribution in [-0.2, 0) is 4.79 Å². The molecule has 5 aliphatic rings. The molecule has 4 saturated carbocycles. The number of carbonyl (C=O) groups is 1. The summed E-state index contributed by atoms with van der Waals surface area (Å²) in [7, 11) is 0. The van der Waals surface area contributed by atoms with Gasteiger partial charge in [-0.1, -0.05) is 12.1 Å². The van der Waals surface area contributed by atoms with Crippen molar-refractivity contribution in [3.8, 4) is 0 Å². The van der Waals surface area contributed by atoms with Gasteiger partial charge in [0.15, 0.2) is 0 Å². The molecule has 0 radical (unpaired) electrons. The lowest BCUT2D eigenvalue weighted by atomic mass is 9.79. The number of rotatable bonds is 2. The van der Waals surface area contributed by atoms with Gasteiger partial charge in [-0.2, -0.15) is 0 Å². The van der Waals surface area contributed by atoms with Crippen molar-refractivity contribution < 1.29 is 4.79 Å². The Balaban J connectivity index is 1.26. The smallest absolute Gasteiger partial charge is 0.274 e. The Morgan fingerprint density at radius 2 is 2.00 bits per heavy atom. The van der Waals surface area contributed by atoms with Crippen molar-refractivity contribution in [1.29, 1.82) is 0 Å². The highest BCUT2D eigenvalue weighted by molar-refractivity contribution is 6.15. The molecule has 1 amide bonds. The Labute approximate surface area is 158 Å². The fourth-order valence-electron chi connectivity index (χ4n) is 5.96. The second kappa shape index (κ2) is 5.65. The van der Waals surface area contributed by atoms with Crippen LogP contribution in [0.2, 0.25) is 0 Å². The van der Waals surface area contributed by atoms with Crippen molar-refractivity contribution >= 4 is 28.8 Å². The van der Waals surface area contributed by atoms with Gasteiger partial charge < -0.3 is 5.32 Å². The largest absolute Gasteiger partial charge is 0.321 e. The average molecular weight is 358 g/mol. The number of pyridine rings is 1. The lowest BCUT2D eigenvalue weighted by Crippen LogP contribution is -2.33. The van der Waals surface area contributed by atoms with E-state index in [0.29, 0.717) is 17.7 Å². The molecule has 136 valence electrons. The number of hydrogen-bond donors (Lipinski definition) is 2. The maximum absolute atomic E-state index is 12.4. The normalized spacial score (nSPS) is 36.7. The number of guanidine groups is 1. The second-order valence-corrected chi connectivity index (χ2v) is 8.55. The molecule has 5 nitrogen and oxygen atoms in total. The van der Waals surface area contributed by atoms with E-state index in [4.69, 9.17) is 4.99 Å². The Hall–Kier alpha value is -2.69. The van der Waals surface area contributed by atoms with Crippen molar-refractivity contribution in [2.24, 2.45) is 28.7 Å². The summed E-state index contributed by atoms with van der Waals surface area (Å²) in [5, 5.41) is 7.21. The minimum atomic E-state index is -0.104. The van der Waals surface area contributed by atoms with Crippen LogP contribution in [0, 0.1) is 23.7 Å². The number of benzene rings is 1. The van der Waals surface area contributed by atoms with Crippen LogP contribution in [0.3, 0.4) is 0 Å². The summed E-state index contributed by atoms with van der Waals surface area (Å²) < 4.78 is 0. The number of aliphatic imine (C=N–C) groups is 1. The van der Waals surface area contributed by atoms with Gasteiger partial charge in [-0.15, -0.1) is 0 Å². The number of hydrogen-bond acceptors (Lipinski definition) is 3. The minimum absolute atomic E-state index is 0.104. The van der Waals surface area contributed by atoms with Gasteiger partial charge in [-0.05, 0) is 79.2 Å². The summed E-state index contributed by atoms with van der Waals surface area (Å²) >= 11 is 0. The molecule has 4 bridgehead atoms. The molecule has 27 heavy (non-hydrogen) atoms. The van der Waals surface area contributed by atoms with Gasteiger partial charge in [0.2, 0.25) is 5.96 Å². The van der Waals surface area contributed by atoms with Crippen LogP contribution in [0.25, 0.3) is 17.0 Å². The van der Waals surface area contributed by atoms with E-state index in [0.717, 1.165) is 40.1 Å². The summed E-state index contributed by atoms with van der Waals surface area (Å²) in [6.45, 7) is 0. The van der Waals surface area contributed by atoms with E-state index < -0.39 is 0 Å². The zero-order chi connectivity index (χ0) is 18.0. The van der Waals surface area contributed by atoms with E-state index >= 15 is 0 Å². The minimum Gasteiger partial charge on any atom is -0.321 e. The van der Waals surface area contributed by atoms with E-state index in [1.54, 1.807) is 6.20 Å². The summed E-state index contributed by atoms with van der Waals surface area (Å²) in [6.07, 6.45) is 9.09. The predicted molar refractivity (Wildman–Crippen MR) is 105 cm³/mol. The van der Waals surface area contributed by atoms with Gasteiger partial charge in [-0.3, -0.25) is 15.1 Å². The zero-order valence-corrected chi connectivity index (χ0v) is 15.1. The van der Waals surface area contributed by atoms with Gasteiger partial charge in [-0.25, -0.2) is 4.99 Å². The summed E-state index contributed by atoms with van der Waals surface area (Å²) in [5.74, 6) is 3.81. The molecule has 2 aromatic rings. The maximum Gasteiger partial charge on any atom is 0.274 e. The van der Waals surface area contributed by atoms with Crippen molar-refractivity contribution in [2.45, 2.75) is 31.7 Å². The monoisotopic (exact) mass is 358 g/mol.